The van der Waals surface area contributed by atoms with E-state index in [2.05, 4.69) is 15.2 Å². The van der Waals surface area contributed by atoms with Crippen molar-refractivity contribution in [2.24, 2.45) is 0 Å². The number of rotatable bonds is 6. The van der Waals surface area contributed by atoms with Crippen LogP contribution in [0, 0.1) is 0 Å². The maximum absolute atomic E-state index is 12.5. The van der Waals surface area contributed by atoms with Crippen molar-refractivity contribution in [2.45, 2.75) is 13.5 Å². The van der Waals surface area contributed by atoms with Gasteiger partial charge >= 0.3 is 11.9 Å². The van der Waals surface area contributed by atoms with E-state index in [1.54, 1.807) is 31.2 Å². The van der Waals surface area contributed by atoms with Crippen LogP contribution in [0.5, 0.6) is 0 Å². The summed E-state index contributed by atoms with van der Waals surface area (Å²) in [6, 6.07) is 12.6. The zero-order chi connectivity index (χ0) is 21.7. The van der Waals surface area contributed by atoms with Crippen LogP contribution in [0.2, 0.25) is 0 Å². The van der Waals surface area contributed by atoms with Crippen LogP contribution in [0.15, 0.2) is 53.3 Å². The quantitative estimate of drug-likeness (QED) is 0.619. The van der Waals surface area contributed by atoms with Gasteiger partial charge in [-0.05, 0) is 37.3 Å². The van der Waals surface area contributed by atoms with Gasteiger partial charge in [0, 0.05) is 17.6 Å². The van der Waals surface area contributed by atoms with E-state index >= 15 is 0 Å². The highest BCUT2D eigenvalue weighted by atomic mass is 16.5. The molecule has 2 aromatic carbocycles. The summed E-state index contributed by atoms with van der Waals surface area (Å²) in [5, 5.41) is 7.33. The minimum atomic E-state index is -0.815. The highest BCUT2D eigenvalue weighted by Crippen LogP contribution is 2.15. The zero-order valence-electron chi connectivity index (χ0n) is 16.4. The van der Waals surface area contributed by atoms with Gasteiger partial charge in [0.05, 0.1) is 18.1 Å². The van der Waals surface area contributed by atoms with Crippen LogP contribution in [0.4, 0.5) is 5.69 Å². The number of carbonyl (C=O) groups excluding carboxylic acids is 3. The molecule has 0 aliphatic carbocycles. The summed E-state index contributed by atoms with van der Waals surface area (Å²) in [5.74, 6) is -1.87. The molecule has 0 spiro atoms. The fourth-order valence-corrected chi connectivity index (χ4v) is 2.80. The second-order valence-electron chi connectivity index (χ2n) is 6.21. The lowest BCUT2D eigenvalue weighted by Gasteiger charge is -2.10. The summed E-state index contributed by atoms with van der Waals surface area (Å²) in [4.78, 5) is 48.4. The molecule has 9 heteroatoms. The lowest BCUT2D eigenvalue weighted by molar-refractivity contribution is -0.119. The SMILES string of the molecule is CCn1nc(C(=O)OCC(=O)Nc2ccc(C(=O)OC)cc2)c2ccccc2c1=O. The maximum Gasteiger partial charge on any atom is 0.359 e. The normalized spacial score (nSPS) is 10.5. The highest BCUT2D eigenvalue weighted by molar-refractivity contribution is 6.03. The number of aryl methyl sites for hydroxylation is 1. The Morgan fingerprint density at radius 2 is 1.67 bits per heavy atom. The summed E-state index contributed by atoms with van der Waals surface area (Å²) in [5.41, 5.74) is 0.415. The molecule has 0 radical (unpaired) electrons. The van der Waals surface area contributed by atoms with Gasteiger partial charge in [0.15, 0.2) is 12.3 Å². The molecule has 0 saturated heterocycles. The van der Waals surface area contributed by atoms with Crippen LogP contribution in [-0.4, -0.2) is 41.3 Å². The van der Waals surface area contributed by atoms with Crippen molar-refractivity contribution < 1.29 is 23.9 Å². The Balaban J connectivity index is 1.70. The number of hydrogen-bond acceptors (Lipinski definition) is 7. The molecule has 1 amide bonds. The van der Waals surface area contributed by atoms with Crippen molar-refractivity contribution in [1.29, 1.82) is 0 Å². The average Bonchev–Trinajstić information content (AvgIpc) is 2.78. The number of benzene rings is 2. The van der Waals surface area contributed by atoms with Crippen LogP contribution in [-0.2, 0) is 20.8 Å². The Morgan fingerprint density at radius 1 is 1.00 bits per heavy atom. The number of aromatic nitrogens is 2. The highest BCUT2D eigenvalue weighted by Gasteiger charge is 2.18. The van der Waals surface area contributed by atoms with Crippen LogP contribution >= 0.6 is 0 Å². The molecule has 3 aromatic rings. The number of carbonyl (C=O) groups is 3. The van der Waals surface area contributed by atoms with Crippen molar-refractivity contribution in [2.75, 3.05) is 19.0 Å². The number of nitrogens with zero attached hydrogens (tertiary/aromatic N) is 2. The lowest BCUT2D eigenvalue weighted by atomic mass is 10.1. The minimum absolute atomic E-state index is 0.0396. The van der Waals surface area contributed by atoms with Gasteiger partial charge in [0.25, 0.3) is 11.5 Å². The molecule has 0 aliphatic rings. The van der Waals surface area contributed by atoms with E-state index < -0.39 is 24.5 Å². The largest absolute Gasteiger partial charge is 0.465 e. The predicted octanol–water partition coefficient (Wildman–Crippen LogP) is 2.00. The molecule has 0 fully saturated rings. The Labute approximate surface area is 171 Å². The van der Waals surface area contributed by atoms with Crippen LogP contribution in [0.3, 0.4) is 0 Å². The minimum Gasteiger partial charge on any atom is -0.465 e. The summed E-state index contributed by atoms with van der Waals surface area (Å²) >= 11 is 0. The van der Waals surface area contributed by atoms with E-state index in [0.717, 1.165) is 0 Å². The summed E-state index contributed by atoms with van der Waals surface area (Å²) in [6.07, 6.45) is 0. The Morgan fingerprint density at radius 3 is 2.30 bits per heavy atom. The lowest BCUT2D eigenvalue weighted by Crippen LogP contribution is -2.27. The molecule has 1 aromatic heterocycles. The molecule has 0 bridgehead atoms. The summed E-state index contributed by atoms with van der Waals surface area (Å²) < 4.78 is 10.9. The fraction of sp³-hybridized carbons (Fsp3) is 0.190. The van der Waals surface area contributed by atoms with Gasteiger partial charge in [-0.15, -0.1) is 0 Å². The second kappa shape index (κ2) is 8.99. The molecular weight excluding hydrogens is 390 g/mol. The molecule has 154 valence electrons. The van der Waals surface area contributed by atoms with Gasteiger partial charge in [-0.2, -0.15) is 5.10 Å². The first-order chi connectivity index (χ1) is 14.4. The van der Waals surface area contributed by atoms with Gasteiger partial charge in [-0.1, -0.05) is 18.2 Å². The van der Waals surface area contributed by atoms with Crippen LogP contribution in [0.1, 0.15) is 27.8 Å². The van der Waals surface area contributed by atoms with Gasteiger partial charge in [-0.25, -0.2) is 14.3 Å². The number of esters is 2. The molecule has 9 nitrogen and oxygen atoms in total. The predicted molar refractivity (Wildman–Crippen MR) is 108 cm³/mol. The number of methoxy groups -OCH3 is 1. The van der Waals surface area contributed by atoms with Gasteiger partial charge in [-0.3, -0.25) is 9.59 Å². The first-order valence-electron chi connectivity index (χ1n) is 9.09. The van der Waals surface area contributed by atoms with Gasteiger partial charge in [0.2, 0.25) is 0 Å². The van der Waals surface area contributed by atoms with E-state index in [1.807, 2.05) is 0 Å². The number of anilines is 1. The molecule has 0 unspecified atom stereocenters. The molecule has 1 N–H and O–H groups in total. The number of hydrogen-bond donors (Lipinski definition) is 1. The average molecular weight is 409 g/mol. The molecule has 0 atom stereocenters. The summed E-state index contributed by atoms with van der Waals surface area (Å²) in [7, 11) is 1.27. The Bertz CT molecular complexity index is 1170. The number of fused-ring (bicyclic) bond motifs is 1. The van der Waals surface area contributed by atoms with E-state index in [0.29, 0.717) is 22.0 Å². The van der Waals surface area contributed by atoms with Crippen molar-refractivity contribution >= 4 is 34.3 Å². The summed E-state index contributed by atoms with van der Waals surface area (Å²) in [6.45, 7) is 1.47. The van der Waals surface area contributed by atoms with E-state index in [4.69, 9.17) is 4.74 Å². The first-order valence-corrected chi connectivity index (χ1v) is 9.09. The topological polar surface area (TPSA) is 117 Å². The molecule has 0 aliphatic heterocycles. The molecule has 30 heavy (non-hydrogen) atoms. The smallest absolute Gasteiger partial charge is 0.359 e. The monoisotopic (exact) mass is 409 g/mol. The standard InChI is InChI=1S/C21H19N3O6/c1-3-24-19(26)16-7-5-4-6-15(16)18(23-24)21(28)30-12-17(25)22-14-10-8-13(9-11-14)20(27)29-2/h4-11H,3,12H2,1-2H3,(H,22,25). The van der Waals surface area contributed by atoms with E-state index in [-0.39, 0.29) is 17.8 Å². The third-order valence-corrected chi connectivity index (χ3v) is 4.28. The number of amides is 1. The molecular formula is C21H19N3O6. The van der Waals surface area contributed by atoms with Crippen molar-refractivity contribution in [3.63, 3.8) is 0 Å². The third kappa shape index (κ3) is 4.35. The van der Waals surface area contributed by atoms with E-state index in [1.165, 1.54) is 36.1 Å². The molecule has 3 rings (SSSR count). The maximum atomic E-state index is 12.5. The number of nitrogens with one attached hydrogen (secondary N) is 1. The van der Waals surface area contributed by atoms with Gasteiger partial charge in [0.1, 0.15) is 0 Å². The van der Waals surface area contributed by atoms with Crippen molar-refractivity contribution in [1.82, 2.24) is 9.78 Å². The van der Waals surface area contributed by atoms with E-state index in [9.17, 15) is 19.2 Å². The molecule has 0 saturated carbocycles. The van der Waals surface area contributed by atoms with Crippen LogP contribution in [0.25, 0.3) is 10.8 Å². The first kappa shape index (κ1) is 20.7. The van der Waals surface area contributed by atoms with Crippen LogP contribution < -0.4 is 10.9 Å². The second-order valence-corrected chi connectivity index (χ2v) is 6.21. The third-order valence-electron chi connectivity index (χ3n) is 4.28. The fourth-order valence-electron chi connectivity index (χ4n) is 2.80. The van der Waals surface area contributed by atoms with Gasteiger partial charge < -0.3 is 14.8 Å². The van der Waals surface area contributed by atoms with Crippen molar-refractivity contribution in [3.05, 3.63) is 70.1 Å². The Hall–Kier alpha value is -4.01. The number of ether oxygens (including phenoxy) is 2. The molecule has 1 heterocycles. The van der Waals surface area contributed by atoms with Crippen molar-refractivity contribution in [3.8, 4) is 0 Å². The Kier molecular flexibility index (Phi) is 6.21. The zero-order valence-corrected chi connectivity index (χ0v) is 16.4.